The Morgan fingerprint density at radius 2 is 2.14 bits per heavy atom. The molecule has 0 radical (unpaired) electrons. The maximum Gasteiger partial charge on any atom is 0.260 e. The summed E-state index contributed by atoms with van der Waals surface area (Å²) in [6, 6.07) is 4.75. The van der Waals surface area contributed by atoms with E-state index in [-0.39, 0.29) is 22.8 Å². The van der Waals surface area contributed by atoms with Gasteiger partial charge in [0.25, 0.3) is 11.1 Å². The van der Waals surface area contributed by atoms with Gasteiger partial charge in [-0.1, -0.05) is 6.92 Å². The van der Waals surface area contributed by atoms with Crippen molar-refractivity contribution in [3.63, 3.8) is 0 Å². The minimum Gasteiger partial charge on any atom is -0.454 e. The van der Waals surface area contributed by atoms with Gasteiger partial charge in [0.05, 0.1) is 5.75 Å². The summed E-state index contributed by atoms with van der Waals surface area (Å²) in [5.74, 6) is 0.525. The van der Waals surface area contributed by atoms with Crippen LogP contribution in [0.4, 0.5) is 5.13 Å². The van der Waals surface area contributed by atoms with Crippen LogP contribution in [-0.2, 0) is 9.84 Å². The number of nitrogens with zero attached hydrogens (tertiary/aromatic N) is 2. The standard InChI is InChI=1S/C12H11N3O5S2/c1-2-22(17,18)12-14-11(21-15-12)13-10(16)7-3-4-8-9(5-7)20-6-19-8/h3-5H,2,6H2,1H3,(H,13,14,15,16). The van der Waals surface area contributed by atoms with Crippen molar-refractivity contribution in [3.8, 4) is 11.5 Å². The average Bonchev–Trinajstić information content (AvgIpc) is 3.15. The number of anilines is 1. The number of carbonyl (C=O) groups excluding carboxylic acids is 1. The van der Waals surface area contributed by atoms with Crippen LogP contribution in [-0.4, -0.2) is 36.2 Å². The number of carbonyl (C=O) groups is 1. The van der Waals surface area contributed by atoms with E-state index < -0.39 is 15.7 Å². The van der Waals surface area contributed by atoms with Gasteiger partial charge in [0, 0.05) is 17.1 Å². The van der Waals surface area contributed by atoms with Gasteiger partial charge in [0.1, 0.15) is 0 Å². The summed E-state index contributed by atoms with van der Waals surface area (Å²) in [7, 11) is -3.49. The fourth-order valence-corrected chi connectivity index (χ4v) is 3.31. The van der Waals surface area contributed by atoms with Crippen LogP contribution in [0.5, 0.6) is 11.5 Å². The van der Waals surface area contributed by atoms with Gasteiger partial charge in [-0.15, -0.1) is 0 Å². The van der Waals surface area contributed by atoms with Gasteiger partial charge in [-0.25, -0.2) is 8.42 Å². The topological polar surface area (TPSA) is 107 Å². The van der Waals surface area contributed by atoms with Crippen molar-refractivity contribution < 1.29 is 22.7 Å². The Kier molecular flexibility index (Phi) is 3.71. The highest BCUT2D eigenvalue weighted by Crippen LogP contribution is 2.32. The van der Waals surface area contributed by atoms with Crippen molar-refractivity contribution in [1.82, 2.24) is 9.36 Å². The fourth-order valence-electron chi connectivity index (χ4n) is 1.72. The molecule has 116 valence electrons. The zero-order valence-electron chi connectivity index (χ0n) is 11.4. The molecule has 1 aliphatic rings. The van der Waals surface area contributed by atoms with E-state index in [1.54, 1.807) is 18.2 Å². The molecule has 0 bridgehead atoms. The molecule has 10 heteroatoms. The van der Waals surface area contributed by atoms with Crippen LogP contribution in [0.25, 0.3) is 0 Å². The summed E-state index contributed by atoms with van der Waals surface area (Å²) >= 11 is 0.812. The van der Waals surface area contributed by atoms with Gasteiger partial charge < -0.3 is 9.47 Å². The van der Waals surface area contributed by atoms with Crippen molar-refractivity contribution in [2.24, 2.45) is 0 Å². The molecule has 1 aromatic carbocycles. The number of rotatable bonds is 4. The molecule has 0 spiro atoms. The molecule has 2 aromatic rings. The maximum absolute atomic E-state index is 12.1. The molecule has 22 heavy (non-hydrogen) atoms. The molecule has 2 heterocycles. The van der Waals surface area contributed by atoms with Crippen LogP contribution >= 0.6 is 11.5 Å². The van der Waals surface area contributed by atoms with Crippen molar-refractivity contribution >= 4 is 32.4 Å². The monoisotopic (exact) mass is 341 g/mol. The first-order valence-electron chi connectivity index (χ1n) is 6.27. The lowest BCUT2D eigenvalue weighted by atomic mass is 10.2. The molecule has 0 saturated heterocycles. The largest absolute Gasteiger partial charge is 0.454 e. The predicted octanol–water partition coefficient (Wildman–Crippen LogP) is 1.31. The van der Waals surface area contributed by atoms with Crippen molar-refractivity contribution in [2.45, 2.75) is 12.1 Å². The number of ether oxygens (including phenoxy) is 2. The SMILES string of the molecule is CCS(=O)(=O)c1nsc(NC(=O)c2ccc3c(c2)OCO3)n1. The number of hydrogen-bond acceptors (Lipinski definition) is 8. The lowest BCUT2D eigenvalue weighted by Crippen LogP contribution is -2.12. The van der Waals surface area contributed by atoms with Crippen molar-refractivity contribution in [3.05, 3.63) is 23.8 Å². The maximum atomic E-state index is 12.1. The summed E-state index contributed by atoms with van der Waals surface area (Å²) < 4.78 is 37.4. The highest BCUT2D eigenvalue weighted by Gasteiger charge is 2.20. The van der Waals surface area contributed by atoms with Crippen LogP contribution in [0.2, 0.25) is 0 Å². The van der Waals surface area contributed by atoms with Crippen molar-refractivity contribution in [2.75, 3.05) is 17.9 Å². The number of fused-ring (bicyclic) bond motifs is 1. The number of amides is 1. The zero-order valence-corrected chi connectivity index (χ0v) is 13.0. The van der Waals surface area contributed by atoms with E-state index in [0.29, 0.717) is 17.1 Å². The van der Waals surface area contributed by atoms with Crippen LogP contribution in [0, 0.1) is 0 Å². The number of nitrogens with one attached hydrogen (secondary N) is 1. The Hall–Kier alpha value is -2.20. The molecule has 8 nitrogen and oxygen atoms in total. The Labute approximate surface area is 130 Å². The molecule has 1 aliphatic heterocycles. The number of hydrogen-bond donors (Lipinski definition) is 1. The normalized spacial score (nSPS) is 13.1. The highest BCUT2D eigenvalue weighted by atomic mass is 32.2. The second kappa shape index (κ2) is 5.54. The number of benzene rings is 1. The second-order valence-electron chi connectivity index (χ2n) is 4.31. The van der Waals surface area contributed by atoms with E-state index >= 15 is 0 Å². The van der Waals surface area contributed by atoms with Gasteiger partial charge >= 0.3 is 0 Å². The summed E-state index contributed by atoms with van der Waals surface area (Å²) in [4.78, 5) is 15.9. The molecule has 1 amide bonds. The second-order valence-corrected chi connectivity index (χ2v) is 7.23. The lowest BCUT2D eigenvalue weighted by molar-refractivity contribution is 0.102. The third-order valence-electron chi connectivity index (χ3n) is 2.92. The van der Waals surface area contributed by atoms with Crippen LogP contribution < -0.4 is 14.8 Å². The molecule has 0 atom stereocenters. The predicted molar refractivity (Wildman–Crippen MR) is 78.2 cm³/mol. The molecule has 1 N–H and O–H groups in total. The van der Waals surface area contributed by atoms with E-state index in [1.807, 2.05) is 0 Å². The van der Waals surface area contributed by atoms with Crippen LogP contribution in [0.1, 0.15) is 17.3 Å². The molecule has 0 unspecified atom stereocenters. The summed E-state index contributed by atoms with van der Waals surface area (Å²) in [6.07, 6.45) is 0. The van der Waals surface area contributed by atoms with Gasteiger partial charge in [0.2, 0.25) is 21.8 Å². The first-order valence-corrected chi connectivity index (χ1v) is 8.69. The van der Waals surface area contributed by atoms with Gasteiger partial charge in [-0.3, -0.25) is 10.1 Å². The summed E-state index contributed by atoms with van der Waals surface area (Å²) in [5.41, 5.74) is 0.347. The van der Waals surface area contributed by atoms with Gasteiger partial charge in [-0.2, -0.15) is 9.36 Å². The average molecular weight is 341 g/mol. The van der Waals surface area contributed by atoms with Gasteiger partial charge in [-0.05, 0) is 18.2 Å². The Morgan fingerprint density at radius 1 is 1.36 bits per heavy atom. The minimum atomic E-state index is -3.49. The van der Waals surface area contributed by atoms with E-state index in [9.17, 15) is 13.2 Å². The molecule has 0 saturated carbocycles. The number of sulfone groups is 1. The smallest absolute Gasteiger partial charge is 0.260 e. The minimum absolute atomic E-state index is 0.0979. The van der Waals surface area contributed by atoms with E-state index in [4.69, 9.17) is 9.47 Å². The first-order chi connectivity index (χ1) is 10.5. The van der Waals surface area contributed by atoms with Crippen LogP contribution in [0.15, 0.2) is 23.4 Å². The Balaban J connectivity index is 1.77. The molecule has 1 aromatic heterocycles. The Bertz CT molecular complexity index is 831. The van der Waals surface area contributed by atoms with E-state index in [2.05, 4.69) is 14.7 Å². The number of aromatic nitrogens is 2. The molecular formula is C12H11N3O5S2. The third-order valence-corrected chi connectivity index (χ3v) is 5.17. The molecule has 3 rings (SSSR count). The van der Waals surface area contributed by atoms with Gasteiger partial charge in [0.15, 0.2) is 11.5 Å². The lowest BCUT2D eigenvalue weighted by Gasteiger charge is -2.02. The molecule has 0 aliphatic carbocycles. The first kappa shape index (κ1) is 14.7. The molecular weight excluding hydrogens is 330 g/mol. The van der Waals surface area contributed by atoms with Crippen molar-refractivity contribution in [1.29, 1.82) is 0 Å². The fraction of sp³-hybridized carbons (Fsp3) is 0.250. The quantitative estimate of drug-likeness (QED) is 0.893. The van der Waals surface area contributed by atoms with E-state index in [1.165, 1.54) is 6.92 Å². The summed E-state index contributed by atoms with van der Waals surface area (Å²) in [6.45, 7) is 1.62. The summed E-state index contributed by atoms with van der Waals surface area (Å²) in [5, 5.41) is 2.35. The third kappa shape index (κ3) is 2.74. The molecule has 0 fully saturated rings. The Morgan fingerprint density at radius 3 is 2.91 bits per heavy atom. The van der Waals surface area contributed by atoms with Crippen LogP contribution in [0.3, 0.4) is 0 Å². The van der Waals surface area contributed by atoms with E-state index in [0.717, 1.165) is 11.5 Å². The highest BCUT2D eigenvalue weighted by molar-refractivity contribution is 7.91. The zero-order chi connectivity index (χ0) is 15.7.